The summed E-state index contributed by atoms with van der Waals surface area (Å²) in [6.45, 7) is 5.00. The average Bonchev–Trinajstić information content (AvgIpc) is 3.33. The van der Waals surface area contributed by atoms with Gasteiger partial charge in [0.1, 0.15) is 11.2 Å². The summed E-state index contributed by atoms with van der Waals surface area (Å²) in [6, 6.07) is 11.4. The van der Waals surface area contributed by atoms with Crippen molar-refractivity contribution in [1.29, 1.82) is 0 Å². The molecular weight excluding hydrogens is 450 g/mol. The molecule has 0 spiro atoms. The molecule has 1 aliphatic heterocycles. The summed E-state index contributed by atoms with van der Waals surface area (Å²) in [4.78, 5) is 29.4. The number of amides is 2. The van der Waals surface area contributed by atoms with E-state index in [1.807, 2.05) is 41.8 Å². The molecule has 180 valence electrons. The molecule has 2 aromatic heterocycles. The molecule has 2 amide bonds. The second-order valence-electron chi connectivity index (χ2n) is 10.2. The van der Waals surface area contributed by atoms with E-state index in [1.165, 1.54) is 12.8 Å². The highest BCUT2D eigenvalue weighted by Crippen LogP contribution is 2.33. The first-order valence-corrected chi connectivity index (χ1v) is 12.7. The Hall–Kier alpha value is -2.73. The Bertz CT molecular complexity index is 1200. The summed E-state index contributed by atoms with van der Waals surface area (Å²) >= 11 is 6.04. The fourth-order valence-corrected chi connectivity index (χ4v) is 5.72. The number of carbonyl (C=O) groups excluding carboxylic acids is 2. The van der Waals surface area contributed by atoms with Gasteiger partial charge in [-0.15, -0.1) is 0 Å². The van der Waals surface area contributed by atoms with Gasteiger partial charge in [-0.1, -0.05) is 49.9 Å². The van der Waals surface area contributed by atoms with E-state index in [-0.39, 0.29) is 17.9 Å². The zero-order valence-corrected chi connectivity index (χ0v) is 20.6. The summed E-state index contributed by atoms with van der Waals surface area (Å²) < 4.78 is 7.51. The quantitative estimate of drug-likeness (QED) is 0.494. The van der Waals surface area contributed by atoms with Crippen LogP contribution in [0.4, 0.5) is 0 Å². The maximum absolute atomic E-state index is 13.9. The summed E-state index contributed by atoms with van der Waals surface area (Å²) in [5, 5.41) is 4.01. The molecule has 7 heteroatoms. The normalized spacial score (nSPS) is 25.3. The van der Waals surface area contributed by atoms with Gasteiger partial charge in [-0.25, -0.2) is 0 Å². The van der Waals surface area contributed by atoms with E-state index >= 15 is 0 Å². The number of fused-ring (bicyclic) bond motifs is 3. The van der Waals surface area contributed by atoms with E-state index in [0.717, 1.165) is 30.3 Å². The van der Waals surface area contributed by atoms with Gasteiger partial charge >= 0.3 is 0 Å². The van der Waals surface area contributed by atoms with Crippen molar-refractivity contribution in [2.24, 2.45) is 5.92 Å². The van der Waals surface area contributed by atoms with Crippen molar-refractivity contribution in [3.63, 3.8) is 0 Å². The average molecular weight is 482 g/mol. The third kappa shape index (κ3) is 4.24. The van der Waals surface area contributed by atoms with E-state index in [2.05, 4.69) is 12.2 Å². The van der Waals surface area contributed by atoms with Crippen LogP contribution in [0.5, 0.6) is 0 Å². The molecular formula is C27H32ClN3O3. The smallest absolute Gasteiger partial charge is 0.271 e. The van der Waals surface area contributed by atoms with Crippen LogP contribution in [-0.4, -0.2) is 39.4 Å². The van der Waals surface area contributed by atoms with Gasteiger partial charge in [-0.3, -0.25) is 9.59 Å². The van der Waals surface area contributed by atoms with E-state index in [9.17, 15) is 9.59 Å². The van der Waals surface area contributed by atoms with Crippen molar-refractivity contribution < 1.29 is 14.0 Å². The minimum absolute atomic E-state index is 0.0768. The van der Waals surface area contributed by atoms with E-state index in [0.29, 0.717) is 41.7 Å². The van der Waals surface area contributed by atoms with E-state index in [4.69, 9.17) is 16.0 Å². The van der Waals surface area contributed by atoms with Crippen LogP contribution >= 0.6 is 11.6 Å². The summed E-state index contributed by atoms with van der Waals surface area (Å²) in [5.41, 5.74) is 2.16. The van der Waals surface area contributed by atoms with Gasteiger partial charge in [-0.05, 0) is 49.8 Å². The molecule has 1 N–H and O–H groups in total. The Kier molecular flexibility index (Phi) is 6.19. The molecule has 0 saturated heterocycles. The van der Waals surface area contributed by atoms with Crippen LogP contribution in [-0.2, 0) is 17.8 Å². The topological polar surface area (TPSA) is 67.5 Å². The third-order valence-electron chi connectivity index (χ3n) is 7.60. The molecule has 1 saturated carbocycles. The molecule has 3 unspecified atom stereocenters. The number of hydrogen-bond donors (Lipinski definition) is 1. The first-order chi connectivity index (χ1) is 16.3. The number of nitrogens with one attached hydrogen (secondary N) is 1. The van der Waals surface area contributed by atoms with Crippen molar-refractivity contribution in [1.82, 2.24) is 14.8 Å². The first-order valence-electron chi connectivity index (χ1n) is 12.3. The van der Waals surface area contributed by atoms with Crippen LogP contribution in [0.1, 0.15) is 62.0 Å². The fourth-order valence-electron chi connectivity index (χ4n) is 5.59. The van der Waals surface area contributed by atoms with Crippen LogP contribution in [0.15, 0.2) is 47.1 Å². The molecule has 3 aromatic rings. The summed E-state index contributed by atoms with van der Waals surface area (Å²) in [5.74, 6) is 0.377. The van der Waals surface area contributed by atoms with Crippen LogP contribution < -0.4 is 5.32 Å². The number of hydrogen-bond acceptors (Lipinski definition) is 3. The first kappa shape index (κ1) is 23.0. The van der Waals surface area contributed by atoms with Gasteiger partial charge in [0.15, 0.2) is 5.58 Å². The van der Waals surface area contributed by atoms with Crippen LogP contribution in [0.25, 0.3) is 11.1 Å². The van der Waals surface area contributed by atoms with Gasteiger partial charge in [0.25, 0.3) is 5.91 Å². The fraction of sp³-hybridized carbons (Fsp3) is 0.481. The molecule has 0 radical (unpaired) electrons. The molecule has 1 aromatic carbocycles. The highest BCUT2D eigenvalue weighted by Gasteiger charge is 2.48. The maximum atomic E-state index is 13.9. The SMILES string of the molecule is CC1CCCCC(NC(=O)C2(C)Cn3c(cc4occc43)C(=O)N2CCc2ccc(Cl)cc2)C1. The van der Waals surface area contributed by atoms with Crippen molar-refractivity contribution in [2.75, 3.05) is 6.54 Å². The van der Waals surface area contributed by atoms with Crippen molar-refractivity contribution >= 4 is 34.5 Å². The van der Waals surface area contributed by atoms with Crippen LogP contribution in [0, 0.1) is 5.92 Å². The highest BCUT2D eigenvalue weighted by molar-refractivity contribution is 6.30. The van der Waals surface area contributed by atoms with Gasteiger partial charge in [0.2, 0.25) is 5.91 Å². The number of rotatable bonds is 5. The predicted molar refractivity (Wildman–Crippen MR) is 133 cm³/mol. The van der Waals surface area contributed by atoms with E-state index in [1.54, 1.807) is 17.2 Å². The van der Waals surface area contributed by atoms with Gasteiger partial charge in [0, 0.05) is 29.7 Å². The van der Waals surface area contributed by atoms with Crippen molar-refractivity contribution in [3.8, 4) is 0 Å². The summed E-state index contributed by atoms with van der Waals surface area (Å²) in [7, 11) is 0. The Morgan fingerprint density at radius 3 is 2.76 bits per heavy atom. The zero-order chi connectivity index (χ0) is 23.9. The molecule has 6 nitrogen and oxygen atoms in total. The highest BCUT2D eigenvalue weighted by atomic mass is 35.5. The number of aromatic nitrogens is 1. The van der Waals surface area contributed by atoms with Crippen molar-refractivity contribution in [2.45, 2.75) is 70.5 Å². The second-order valence-corrected chi connectivity index (χ2v) is 10.6. The molecule has 3 atom stereocenters. The second kappa shape index (κ2) is 9.14. The molecule has 1 fully saturated rings. The summed E-state index contributed by atoms with van der Waals surface area (Å²) in [6.07, 6.45) is 7.79. The van der Waals surface area contributed by atoms with E-state index < -0.39 is 5.54 Å². The third-order valence-corrected chi connectivity index (χ3v) is 7.85. The number of furan rings is 1. The molecule has 0 bridgehead atoms. The minimum atomic E-state index is -1.00. The van der Waals surface area contributed by atoms with Gasteiger partial charge < -0.3 is 19.2 Å². The molecule has 1 aliphatic carbocycles. The Morgan fingerprint density at radius 1 is 1.21 bits per heavy atom. The number of nitrogens with zero attached hydrogens (tertiary/aromatic N) is 2. The number of benzene rings is 1. The molecule has 34 heavy (non-hydrogen) atoms. The van der Waals surface area contributed by atoms with Crippen LogP contribution in [0.3, 0.4) is 0 Å². The maximum Gasteiger partial charge on any atom is 0.271 e. The lowest BCUT2D eigenvalue weighted by atomic mass is 9.92. The number of halogens is 1. The lowest BCUT2D eigenvalue weighted by Crippen LogP contribution is -2.65. The lowest BCUT2D eigenvalue weighted by molar-refractivity contribution is -0.133. The Balaban J connectivity index is 1.45. The Labute approximate surface area is 205 Å². The molecule has 3 heterocycles. The molecule has 2 aliphatic rings. The van der Waals surface area contributed by atoms with Crippen LogP contribution in [0.2, 0.25) is 5.02 Å². The molecule has 5 rings (SSSR count). The Morgan fingerprint density at radius 2 is 1.97 bits per heavy atom. The zero-order valence-electron chi connectivity index (χ0n) is 19.9. The minimum Gasteiger partial charge on any atom is -0.463 e. The monoisotopic (exact) mass is 481 g/mol. The standard InChI is InChI=1S/C27H32ClN3O3/c1-18-5-3-4-6-21(15-18)29-26(33)27(2)17-30-22-12-14-34-24(22)16-23(30)25(32)31(27)13-11-19-7-9-20(28)10-8-19/h7-10,12,14,16,18,21H,3-6,11,13,15,17H2,1-2H3,(H,29,33). The van der Waals surface area contributed by atoms with Gasteiger partial charge in [-0.2, -0.15) is 0 Å². The predicted octanol–water partition coefficient (Wildman–Crippen LogP) is 5.43. The largest absolute Gasteiger partial charge is 0.463 e. The van der Waals surface area contributed by atoms with Gasteiger partial charge in [0.05, 0.1) is 18.3 Å². The van der Waals surface area contributed by atoms with Crippen molar-refractivity contribution in [3.05, 3.63) is 58.9 Å². The number of carbonyl (C=O) groups is 2. The lowest BCUT2D eigenvalue weighted by Gasteiger charge is -2.44.